The molecule has 0 aromatic heterocycles. The molecule has 2 aromatic carbocycles. The highest BCUT2D eigenvalue weighted by Gasteiger charge is 2.49. The Morgan fingerprint density at radius 1 is 1.21 bits per heavy atom. The zero-order valence-corrected chi connectivity index (χ0v) is 15.0. The second-order valence-electron chi connectivity index (χ2n) is 6.43. The Bertz CT molecular complexity index is 964. The van der Waals surface area contributed by atoms with Gasteiger partial charge in [0, 0.05) is 36.8 Å². The van der Waals surface area contributed by atoms with Crippen molar-refractivity contribution in [2.75, 3.05) is 11.4 Å². The fraction of sp³-hybridized carbons (Fsp3) is 0.211. The maximum absolute atomic E-state index is 13.2. The smallest absolute Gasteiger partial charge is 0.407 e. The molecule has 1 heterocycles. The maximum Gasteiger partial charge on any atom is 0.410 e. The van der Waals surface area contributed by atoms with E-state index in [4.69, 9.17) is 10.5 Å². The summed E-state index contributed by atoms with van der Waals surface area (Å²) in [6, 6.07) is 8.63. The van der Waals surface area contributed by atoms with Crippen LogP contribution in [-0.2, 0) is 16.1 Å². The van der Waals surface area contributed by atoms with Crippen LogP contribution >= 0.6 is 0 Å². The highest BCUT2D eigenvalue weighted by Crippen LogP contribution is 2.29. The molecule has 0 spiro atoms. The fourth-order valence-corrected chi connectivity index (χ4v) is 2.93. The number of carbonyl (C=O) groups excluding carboxylic acids is 3. The van der Waals surface area contributed by atoms with Crippen LogP contribution in [0.1, 0.15) is 22.3 Å². The summed E-state index contributed by atoms with van der Waals surface area (Å²) >= 11 is 0. The van der Waals surface area contributed by atoms with Crippen LogP contribution in [-0.4, -0.2) is 35.3 Å². The molecule has 3 amide bonds. The zero-order chi connectivity index (χ0) is 21.2. The van der Waals surface area contributed by atoms with Crippen LogP contribution in [0, 0.1) is 11.6 Å². The standard InChI is InChI=1S/C19H17F2N3O5/c20-13-6-11(7-14(21)9-13)10-23-18(27)29-19(28)4-5-24(17(19)26)15-3-1-2-12(8-15)16(22)25/h1-3,6-9,28H,4-5,10H2,(H2,22,25)(H,23,27). The molecule has 1 atom stereocenters. The number of benzene rings is 2. The summed E-state index contributed by atoms with van der Waals surface area (Å²) in [7, 11) is 0. The summed E-state index contributed by atoms with van der Waals surface area (Å²) in [6.07, 6.45) is -1.35. The van der Waals surface area contributed by atoms with Gasteiger partial charge in [-0.2, -0.15) is 0 Å². The molecule has 1 unspecified atom stereocenters. The molecule has 0 saturated carbocycles. The van der Waals surface area contributed by atoms with Crippen LogP contribution in [0.2, 0.25) is 0 Å². The largest absolute Gasteiger partial charge is 0.410 e. The van der Waals surface area contributed by atoms with E-state index in [1.54, 1.807) is 0 Å². The van der Waals surface area contributed by atoms with Gasteiger partial charge in [-0.3, -0.25) is 9.59 Å². The van der Waals surface area contributed by atoms with Gasteiger partial charge in [0.25, 0.3) is 11.7 Å². The Balaban J connectivity index is 1.65. The van der Waals surface area contributed by atoms with Gasteiger partial charge in [-0.15, -0.1) is 0 Å². The highest BCUT2D eigenvalue weighted by molar-refractivity contribution is 6.02. The second kappa shape index (κ2) is 7.84. The third-order valence-electron chi connectivity index (χ3n) is 4.32. The third-order valence-corrected chi connectivity index (χ3v) is 4.32. The molecule has 0 bridgehead atoms. The summed E-state index contributed by atoms with van der Waals surface area (Å²) in [5.74, 6) is -5.62. The summed E-state index contributed by atoms with van der Waals surface area (Å²) in [5, 5.41) is 12.7. The Kier molecular flexibility index (Phi) is 5.46. The van der Waals surface area contributed by atoms with Gasteiger partial charge in [0.15, 0.2) is 0 Å². The fourth-order valence-electron chi connectivity index (χ4n) is 2.93. The molecule has 8 nitrogen and oxygen atoms in total. The van der Waals surface area contributed by atoms with Gasteiger partial charge in [-0.25, -0.2) is 13.6 Å². The number of amides is 3. The van der Waals surface area contributed by atoms with Gasteiger partial charge in [-0.1, -0.05) is 6.07 Å². The average Bonchev–Trinajstić information content (AvgIpc) is 2.94. The van der Waals surface area contributed by atoms with Gasteiger partial charge in [0.1, 0.15) is 11.6 Å². The summed E-state index contributed by atoms with van der Waals surface area (Å²) in [4.78, 5) is 37.0. The SMILES string of the molecule is NC(=O)c1cccc(N2CCC(O)(OC(=O)NCc3cc(F)cc(F)c3)C2=O)c1. The minimum atomic E-state index is -2.42. The summed E-state index contributed by atoms with van der Waals surface area (Å²) in [6.45, 7) is -0.248. The van der Waals surface area contributed by atoms with Gasteiger partial charge >= 0.3 is 6.09 Å². The van der Waals surface area contributed by atoms with E-state index in [0.717, 1.165) is 17.0 Å². The van der Waals surface area contributed by atoms with Gasteiger partial charge < -0.3 is 25.8 Å². The van der Waals surface area contributed by atoms with Gasteiger partial charge in [0.2, 0.25) is 5.91 Å². The zero-order valence-electron chi connectivity index (χ0n) is 15.0. The van der Waals surface area contributed by atoms with Crippen molar-refractivity contribution in [3.63, 3.8) is 0 Å². The summed E-state index contributed by atoms with van der Waals surface area (Å²) < 4.78 is 31.2. The van der Waals surface area contributed by atoms with E-state index in [2.05, 4.69) is 5.32 Å². The van der Waals surface area contributed by atoms with E-state index in [1.165, 1.54) is 24.3 Å². The minimum Gasteiger partial charge on any atom is -0.407 e. The molecule has 0 aliphatic carbocycles. The molecule has 152 valence electrons. The van der Waals surface area contributed by atoms with Gasteiger partial charge in [0.05, 0.1) is 0 Å². The van der Waals surface area contributed by atoms with Crippen molar-refractivity contribution in [3.05, 3.63) is 65.2 Å². The number of aliphatic hydroxyl groups is 1. The summed E-state index contributed by atoms with van der Waals surface area (Å²) in [5.41, 5.74) is 5.83. The lowest BCUT2D eigenvalue weighted by Gasteiger charge is -2.22. The number of halogens is 2. The van der Waals surface area contributed by atoms with Crippen molar-refractivity contribution in [1.82, 2.24) is 5.32 Å². The predicted octanol–water partition coefficient (Wildman–Crippen LogP) is 1.42. The molecular weight excluding hydrogens is 388 g/mol. The van der Waals surface area contributed by atoms with Crippen molar-refractivity contribution in [1.29, 1.82) is 0 Å². The number of primary amides is 1. The van der Waals surface area contributed by atoms with Crippen molar-refractivity contribution >= 4 is 23.6 Å². The molecule has 2 aromatic rings. The first-order valence-corrected chi connectivity index (χ1v) is 8.54. The first-order valence-electron chi connectivity index (χ1n) is 8.54. The lowest BCUT2D eigenvalue weighted by Crippen LogP contribution is -2.46. The number of nitrogens with two attached hydrogens (primary N) is 1. The van der Waals surface area contributed by atoms with E-state index in [0.29, 0.717) is 11.8 Å². The molecule has 1 fully saturated rings. The number of nitrogens with zero attached hydrogens (tertiary/aromatic N) is 1. The van der Waals surface area contributed by atoms with Crippen LogP contribution in [0.5, 0.6) is 0 Å². The first-order chi connectivity index (χ1) is 13.7. The second-order valence-corrected chi connectivity index (χ2v) is 6.43. The molecule has 1 aliphatic heterocycles. The lowest BCUT2D eigenvalue weighted by atomic mass is 10.2. The van der Waals surface area contributed by atoms with E-state index >= 15 is 0 Å². The molecule has 1 aliphatic rings. The Morgan fingerprint density at radius 2 is 1.90 bits per heavy atom. The van der Waals surface area contributed by atoms with E-state index in [9.17, 15) is 28.3 Å². The van der Waals surface area contributed by atoms with Gasteiger partial charge in [-0.05, 0) is 35.9 Å². The molecular formula is C19H17F2N3O5. The quantitative estimate of drug-likeness (QED) is 0.650. The maximum atomic E-state index is 13.2. The normalized spacial score (nSPS) is 18.6. The van der Waals surface area contributed by atoms with Crippen LogP contribution < -0.4 is 16.0 Å². The van der Waals surface area contributed by atoms with Crippen molar-refractivity contribution in [2.45, 2.75) is 18.8 Å². The minimum absolute atomic E-state index is 0.0277. The number of hydrogen-bond acceptors (Lipinski definition) is 5. The number of carbonyl (C=O) groups is 3. The van der Waals surface area contributed by atoms with E-state index in [1.807, 2.05) is 0 Å². The highest BCUT2D eigenvalue weighted by atomic mass is 19.1. The van der Waals surface area contributed by atoms with Crippen LogP contribution in [0.3, 0.4) is 0 Å². The van der Waals surface area contributed by atoms with Crippen molar-refractivity contribution < 1.29 is 33.0 Å². The predicted molar refractivity (Wildman–Crippen MR) is 96.6 cm³/mol. The van der Waals surface area contributed by atoms with E-state index in [-0.39, 0.29) is 30.6 Å². The van der Waals surface area contributed by atoms with Crippen LogP contribution in [0.25, 0.3) is 0 Å². The van der Waals surface area contributed by atoms with Crippen LogP contribution in [0.15, 0.2) is 42.5 Å². The van der Waals surface area contributed by atoms with Crippen molar-refractivity contribution in [3.8, 4) is 0 Å². The number of nitrogens with one attached hydrogen (secondary N) is 1. The van der Waals surface area contributed by atoms with Crippen LogP contribution in [0.4, 0.5) is 19.3 Å². The molecule has 29 heavy (non-hydrogen) atoms. The molecule has 3 rings (SSSR count). The average molecular weight is 405 g/mol. The molecule has 1 saturated heterocycles. The van der Waals surface area contributed by atoms with Crippen molar-refractivity contribution in [2.24, 2.45) is 5.73 Å². The monoisotopic (exact) mass is 405 g/mol. The number of rotatable bonds is 5. The lowest BCUT2D eigenvalue weighted by molar-refractivity contribution is -0.175. The third kappa shape index (κ3) is 4.49. The molecule has 10 heteroatoms. The van der Waals surface area contributed by atoms with E-state index < -0.39 is 35.3 Å². The topological polar surface area (TPSA) is 122 Å². The Hall–Kier alpha value is -3.53. The Labute approximate surface area is 163 Å². The number of hydrogen-bond donors (Lipinski definition) is 3. The number of ether oxygens (including phenoxy) is 1. The molecule has 4 N–H and O–H groups in total. The Morgan fingerprint density at radius 3 is 2.55 bits per heavy atom. The number of alkyl carbamates (subject to hydrolysis) is 1. The number of anilines is 1. The molecule has 0 radical (unpaired) electrons. The first kappa shape index (κ1) is 20.2.